The lowest BCUT2D eigenvalue weighted by molar-refractivity contribution is -0.116. The summed E-state index contributed by atoms with van der Waals surface area (Å²) in [7, 11) is 0. The minimum atomic E-state index is -0.410. The Kier molecular flexibility index (Phi) is 5.46. The summed E-state index contributed by atoms with van der Waals surface area (Å²) in [5, 5.41) is 3.79. The van der Waals surface area contributed by atoms with Gasteiger partial charge in [0.2, 0.25) is 5.91 Å². The van der Waals surface area contributed by atoms with E-state index in [2.05, 4.69) is 5.32 Å². The summed E-state index contributed by atoms with van der Waals surface area (Å²) in [6.07, 6.45) is 0.310. The number of aryl methyl sites for hydroxylation is 1. The molecule has 2 aromatic carbocycles. The van der Waals surface area contributed by atoms with Crippen molar-refractivity contribution in [3.63, 3.8) is 0 Å². The van der Waals surface area contributed by atoms with Crippen LogP contribution in [0.15, 0.2) is 42.5 Å². The van der Waals surface area contributed by atoms with E-state index < -0.39 is 6.09 Å². The number of nitrogens with zero attached hydrogens (tertiary/aromatic N) is 1. The minimum Gasteiger partial charge on any atom is -0.447 e. The van der Waals surface area contributed by atoms with E-state index in [1.54, 1.807) is 30.3 Å². The Balaban J connectivity index is 1.67. The summed E-state index contributed by atoms with van der Waals surface area (Å²) in [4.78, 5) is 25.6. The predicted octanol–water partition coefficient (Wildman–Crippen LogP) is 4.52. The van der Waals surface area contributed by atoms with Gasteiger partial charge in [-0.1, -0.05) is 47.5 Å². The number of para-hydroxylation sites is 2. The van der Waals surface area contributed by atoms with Crippen LogP contribution in [-0.4, -0.2) is 25.2 Å². The number of cyclic esters (lactones) is 1. The van der Waals surface area contributed by atoms with Gasteiger partial charge in [0.1, 0.15) is 6.61 Å². The Morgan fingerprint density at radius 3 is 2.72 bits per heavy atom. The van der Waals surface area contributed by atoms with Gasteiger partial charge in [-0.15, -0.1) is 0 Å². The van der Waals surface area contributed by atoms with Gasteiger partial charge in [-0.3, -0.25) is 9.69 Å². The quantitative estimate of drug-likeness (QED) is 0.831. The third-order valence-corrected chi connectivity index (χ3v) is 4.74. The van der Waals surface area contributed by atoms with Gasteiger partial charge in [0.25, 0.3) is 0 Å². The molecule has 1 N–H and O–H groups in total. The number of hydrogen-bond donors (Lipinski definition) is 1. The third kappa shape index (κ3) is 4.06. The number of carbonyl (C=O) groups is 2. The number of rotatable bonds is 5. The molecule has 3 rings (SSSR count). The van der Waals surface area contributed by atoms with E-state index in [4.69, 9.17) is 27.9 Å². The molecule has 1 aliphatic rings. The molecule has 7 heteroatoms. The van der Waals surface area contributed by atoms with Crippen molar-refractivity contribution >= 4 is 46.6 Å². The highest BCUT2D eigenvalue weighted by atomic mass is 35.5. The van der Waals surface area contributed by atoms with E-state index in [-0.39, 0.29) is 12.3 Å². The largest absolute Gasteiger partial charge is 0.447 e. The molecule has 1 heterocycles. The average molecular weight is 379 g/mol. The lowest BCUT2D eigenvalue weighted by Gasteiger charge is -2.17. The van der Waals surface area contributed by atoms with Gasteiger partial charge in [0, 0.05) is 6.42 Å². The van der Waals surface area contributed by atoms with Crippen LogP contribution in [0.1, 0.15) is 12.0 Å². The van der Waals surface area contributed by atoms with Gasteiger partial charge in [-0.25, -0.2) is 4.79 Å². The van der Waals surface area contributed by atoms with E-state index in [1.807, 2.05) is 12.1 Å². The van der Waals surface area contributed by atoms with Crippen LogP contribution in [0.5, 0.6) is 0 Å². The Morgan fingerprint density at radius 1 is 1.16 bits per heavy atom. The molecule has 2 amide bonds. The second-order valence-electron chi connectivity index (χ2n) is 5.54. The van der Waals surface area contributed by atoms with E-state index in [1.165, 1.54) is 4.90 Å². The number of halogens is 2. The van der Waals surface area contributed by atoms with Crippen LogP contribution < -0.4 is 10.2 Å². The zero-order chi connectivity index (χ0) is 17.8. The molecule has 2 aromatic rings. The third-order valence-electron chi connectivity index (χ3n) is 3.88. The fourth-order valence-corrected chi connectivity index (χ4v) is 3.04. The van der Waals surface area contributed by atoms with Crippen molar-refractivity contribution in [1.29, 1.82) is 0 Å². The van der Waals surface area contributed by atoms with Crippen molar-refractivity contribution in [2.24, 2.45) is 0 Å². The zero-order valence-corrected chi connectivity index (χ0v) is 14.8. The minimum absolute atomic E-state index is 0.170. The first kappa shape index (κ1) is 17.6. The molecule has 25 heavy (non-hydrogen) atoms. The first-order chi connectivity index (χ1) is 12.1. The molecular weight excluding hydrogens is 363 g/mol. The fourth-order valence-electron chi connectivity index (χ4n) is 2.63. The molecule has 0 radical (unpaired) electrons. The second kappa shape index (κ2) is 7.76. The topological polar surface area (TPSA) is 58.6 Å². The van der Waals surface area contributed by atoms with Crippen LogP contribution >= 0.6 is 23.2 Å². The van der Waals surface area contributed by atoms with Crippen LogP contribution in [-0.2, 0) is 16.0 Å². The molecule has 0 aliphatic carbocycles. The molecule has 0 unspecified atom stereocenters. The Labute approximate surface area is 155 Å². The predicted molar refractivity (Wildman–Crippen MR) is 98.5 cm³/mol. The maximum absolute atomic E-state index is 12.3. The average Bonchev–Trinajstić information content (AvgIpc) is 3.02. The van der Waals surface area contributed by atoms with Gasteiger partial charge in [0.05, 0.1) is 28.0 Å². The smallest absolute Gasteiger partial charge is 0.414 e. The van der Waals surface area contributed by atoms with Crippen molar-refractivity contribution in [3.05, 3.63) is 58.1 Å². The molecule has 1 fully saturated rings. The van der Waals surface area contributed by atoms with Crippen molar-refractivity contribution in [3.8, 4) is 0 Å². The Hall–Kier alpha value is -2.24. The van der Waals surface area contributed by atoms with E-state index in [0.29, 0.717) is 41.0 Å². The van der Waals surface area contributed by atoms with Crippen LogP contribution in [0.25, 0.3) is 0 Å². The van der Waals surface area contributed by atoms with E-state index in [0.717, 1.165) is 5.56 Å². The van der Waals surface area contributed by atoms with Gasteiger partial charge in [-0.2, -0.15) is 0 Å². The molecule has 0 bridgehead atoms. The zero-order valence-electron chi connectivity index (χ0n) is 13.3. The van der Waals surface area contributed by atoms with Gasteiger partial charge in [-0.05, 0) is 30.2 Å². The number of benzene rings is 2. The van der Waals surface area contributed by atoms with E-state index in [9.17, 15) is 9.59 Å². The standard InChI is InChI=1S/C18H16Cl2N2O3/c19-13-5-3-4-12(17(13)20)8-9-16(23)21-14-6-1-2-7-15(14)22-10-11-25-18(22)24/h1-7H,8-11H2,(H,21,23). The summed E-state index contributed by atoms with van der Waals surface area (Å²) in [5.74, 6) is -0.170. The Morgan fingerprint density at radius 2 is 1.96 bits per heavy atom. The van der Waals surface area contributed by atoms with Crippen molar-refractivity contribution < 1.29 is 14.3 Å². The van der Waals surface area contributed by atoms with Gasteiger partial charge < -0.3 is 10.1 Å². The summed E-state index contributed by atoms with van der Waals surface area (Å²) in [5.41, 5.74) is 2.02. The summed E-state index contributed by atoms with van der Waals surface area (Å²) in [6.45, 7) is 0.804. The molecule has 0 atom stereocenters. The molecule has 1 aliphatic heterocycles. The van der Waals surface area contributed by atoms with Crippen molar-refractivity contribution in [1.82, 2.24) is 0 Å². The molecule has 0 saturated carbocycles. The highest BCUT2D eigenvalue weighted by Gasteiger charge is 2.25. The molecule has 130 valence electrons. The molecular formula is C18H16Cl2N2O3. The van der Waals surface area contributed by atoms with E-state index >= 15 is 0 Å². The van der Waals surface area contributed by atoms with Gasteiger partial charge in [0.15, 0.2) is 0 Å². The van der Waals surface area contributed by atoms with Crippen molar-refractivity contribution in [2.45, 2.75) is 12.8 Å². The fraction of sp³-hybridized carbons (Fsp3) is 0.222. The van der Waals surface area contributed by atoms with Crippen LogP contribution in [0.4, 0.5) is 16.2 Å². The SMILES string of the molecule is O=C(CCc1cccc(Cl)c1Cl)Nc1ccccc1N1CCOC1=O. The molecule has 1 saturated heterocycles. The maximum atomic E-state index is 12.3. The molecule has 5 nitrogen and oxygen atoms in total. The number of carbonyl (C=O) groups excluding carboxylic acids is 2. The Bertz CT molecular complexity index is 811. The highest BCUT2D eigenvalue weighted by molar-refractivity contribution is 6.42. The van der Waals surface area contributed by atoms with Crippen LogP contribution in [0, 0.1) is 0 Å². The molecule has 0 spiro atoms. The number of nitrogens with one attached hydrogen (secondary N) is 1. The van der Waals surface area contributed by atoms with Crippen LogP contribution in [0.2, 0.25) is 10.0 Å². The van der Waals surface area contributed by atoms with Crippen molar-refractivity contribution in [2.75, 3.05) is 23.4 Å². The summed E-state index contributed by atoms with van der Waals surface area (Å²) in [6, 6.07) is 12.5. The monoisotopic (exact) mass is 378 g/mol. The van der Waals surface area contributed by atoms with Crippen LogP contribution in [0.3, 0.4) is 0 Å². The first-order valence-corrected chi connectivity index (χ1v) is 8.58. The maximum Gasteiger partial charge on any atom is 0.414 e. The number of amides is 2. The second-order valence-corrected chi connectivity index (χ2v) is 6.33. The number of hydrogen-bond acceptors (Lipinski definition) is 3. The van der Waals surface area contributed by atoms with Gasteiger partial charge >= 0.3 is 6.09 Å². The lowest BCUT2D eigenvalue weighted by Crippen LogP contribution is -2.25. The first-order valence-electron chi connectivity index (χ1n) is 7.82. The lowest BCUT2D eigenvalue weighted by atomic mass is 10.1. The normalized spacial score (nSPS) is 13.7. The summed E-state index contributed by atoms with van der Waals surface area (Å²) < 4.78 is 4.96. The molecule has 0 aromatic heterocycles. The number of ether oxygens (including phenoxy) is 1. The summed E-state index contributed by atoms with van der Waals surface area (Å²) >= 11 is 12.1. The number of anilines is 2. The highest BCUT2D eigenvalue weighted by Crippen LogP contribution is 2.29.